The van der Waals surface area contributed by atoms with Gasteiger partial charge < -0.3 is 24.7 Å². The van der Waals surface area contributed by atoms with Crippen molar-refractivity contribution in [2.24, 2.45) is 5.73 Å². The standard InChI is InChI=1S/C21H26N2O5/c1-5-7-11-27-19-14(9-8-10-16(19)25-4)18-15(12-22)20(23)28-13(3)17(18)21(24)26-6-2/h8-10,18H,5-7,11,23H2,1-4H3. The van der Waals surface area contributed by atoms with Crippen molar-refractivity contribution in [3.8, 4) is 17.6 Å². The first kappa shape index (κ1) is 21.2. The Bertz CT molecular complexity index is 836. The van der Waals surface area contributed by atoms with Gasteiger partial charge in [-0.25, -0.2) is 4.79 Å². The third-order valence-electron chi connectivity index (χ3n) is 4.39. The van der Waals surface area contributed by atoms with Gasteiger partial charge in [-0.05, 0) is 26.3 Å². The normalized spacial score (nSPS) is 16.3. The highest BCUT2D eigenvalue weighted by Gasteiger charge is 2.38. The van der Waals surface area contributed by atoms with Crippen molar-refractivity contribution in [2.75, 3.05) is 20.3 Å². The molecule has 1 aromatic rings. The number of ether oxygens (including phenoxy) is 4. The van der Waals surface area contributed by atoms with E-state index in [0.717, 1.165) is 12.8 Å². The topological polar surface area (TPSA) is 104 Å². The van der Waals surface area contributed by atoms with E-state index in [0.29, 0.717) is 29.4 Å². The van der Waals surface area contributed by atoms with Gasteiger partial charge in [-0.2, -0.15) is 5.26 Å². The highest BCUT2D eigenvalue weighted by atomic mass is 16.5. The molecule has 28 heavy (non-hydrogen) atoms. The van der Waals surface area contributed by atoms with Crippen LogP contribution in [0.4, 0.5) is 0 Å². The van der Waals surface area contributed by atoms with Gasteiger partial charge in [0.05, 0.1) is 31.8 Å². The minimum Gasteiger partial charge on any atom is -0.493 e. The number of nitrogens with zero attached hydrogens (tertiary/aromatic N) is 1. The Labute approximate surface area is 165 Å². The summed E-state index contributed by atoms with van der Waals surface area (Å²) in [6.45, 7) is 6.07. The molecule has 2 N–H and O–H groups in total. The predicted molar refractivity (Wildman–Crippen MR) is 103 cm³/mol. The summed E-state index contributed by atoms with van der Waals surface area (Å²) < 4.78 is 22.1. The molecule has 1 heterocycles. The Morgan fingerprint density at radius 1 is 1.36 bits per heavy atom. The lowest BCUT2D eigenvalue weighted by atomic mass is 9.82. The Kier molecular flexibility index (Phi) is 7.33. The summed E-state index contributed by atoms with van der Waals surface area (Å²) in [5.74, 6) is -0.0999. The van der Waals surface area contributed by atoms with E-state index < -0.39 is 11.9 Å². The second-order valence-corrected chi connectivity index (χ2v) is 6.20. The van der Waals surface area contributed by atoms with Crippen LogP contribution in [-0.4, -0.2) is 26.3 Å². The van der Waals surface area contributed by atoms with E-state index in [9.17, 15) is 10.1 Å². The molecule has 0 radical (unpaired) electrons. The quantitative estimate of drug-likeness (QED) is 0.538. The molecular weight excluding hydrogens is 360 g/mol. The lowest BCUT2D eigenvalue weighted by Gasteiger charge is -2.28. The van der Waals surface area contributed by atoms with Crippen molar-refractivity contribution < 1.29 is 23.7 Å². The number of nitriles is 1. The fourth-order valence-electron chi connectivity index (χ4n) is 3.06. The van der Waals surface area contributed by atoms with Crippen molar-refractivity contribution in [1.29, 1.82) is 5.26 Å². The number of carbonyl (C=O) groups excluding carboxylic acids is 1. The summed E-state index contributed by atoms with van der Waals surface area (Å²) in [7, 11) is 1.54. The van der Waals surface area contributed by atoms with Gasteiger partial charge in [-0.15, -0.1) is 0 Å². The molecule has 0 saturated heterocycles. The molecule has 7 heteroatoms. The average Bonchev–Trinajstić information content (AvgIpc) is 2.67. The Balaban J connectivity index is 2.67. The average molecular weight is 386 g/mol. The molecule has 1 atom stereocenters. The Hall–Kier alpha value is -3.14. The number of allylic oxidation sites excluding steroid dienone is 2. The maximum Gasteiger partial charge on any atom is 0.338 e. The van der Waals surface area contributed by atoms with Crippen molar-refractivity contribution >= 4 is 5.97 Å². The summed E-state index contributed by atoms with van der Waals surface area (Å²) in [5, 5.41) is 9.73. The van der Waals surface area contributed by atoms with Crippen molar-refractivity contribution in [1.82, 2.24) is 0 Å². The summed E-state index contributed by atoms with van der Waals surface area (Å²) in [5.41, 5.74) is 6.91. The first-order chi connectivity index (χ1) is 13.5. The van der Waals surface area contributed by atoms with Gasteiger partial charge in [0, 0.05) is 5.56 Å². The Morgan fingerprint density at radius 2 is 2.11 bits per heavy atom. The number of esters is 1. The molecule has 2 rings (SSSR count). The molecule has 1 aliphatic rings. The largest absolute Gasteiger partial charge is 0.493 e. The zero-order valence-corrected chi connectivity index (χ0v) is 16.7. The first-order valence-corrected chi connectivity index (χ1v) is 9.25. The van der Waals surface area contributed by atoms with E-state index in [2.05, 4.69) is 13.0 Å². The Morgan fingerprint density at radius 3 is 2.71 bits per heavy atom. The van der Waals surface area contributed by atoms with E-state index >= 15 is 0 Å². The number of rotatable bonds is 8. The number of hydrogen-bond donors (Lipinski definition) is 1. The van der Waals surface area contributed by atoms with E-state index in [4.69, 9.17) is 24.7 Å². The minimum atomic E-state index is -0.774. The summed E-state index contributed by atoms with van der Waals surface area (Å²) >= 11 is 0. The molecule has 0 amide bonds. The zero-order chi connectivity index (χ0) is 20.7. The highest BCUT2D eigenvalue weighted by molar-refractivity contribution is 5.93. The van der Waals surface area contributed by atoms with Gasteiger partial charge in [0.15, 0.2) is 11.5 Å². The summed E-state index contributed by atoms with van der Waals surface area (Å²) in [6.07, 6.45) is 1.82. The SMILES string of the molecule is CCCCOc1c(OC)cccc1C1C(C#N)=C(N)OC(C)=C1C(=O)OCC. The van der Waals surface area contributed by atoms with Crippen molar-refractivity contribution in [3.63, 3.8) is 0 Å². The van der Waals surface area contributed by atoms with Crippen molar-refractivity contribution in [2.45, 2.75) is 39.5 Å². The molecule has 0 saturated carbocycles. The third-order valence-corrected chi connectivity index (χ3v) is 4.39. The summed E-state index contributed by atoms with van der Waals surface area (Å²) in [6, 6.07) is 7.41. The molecule has 7 nitrogen and oxygen atoms in total. The monoisotopic (exact) mass is 386 g/mol. The molecule has 1 aliphatic heterocycles. The maximum absolute atomic E-state index is 12.7. The van der Waals surface area contributed by atoms with E-state index in [-0.39, 0.29) is 23.6 Å². The maximum atomic E-state index is 12.7. The molecule has 150 valence electrons. The van der Waals surface area contributed by atoms with Crippen LogP contribution in [-0.2, 0) is 14.3 Å². The predicted octanol–water partition coefficient (Wildman–Crippen LogP) is 3.52. The second-order valence-electron chi connectivity index (χ2n) is 6.20. The van der Waals surface area contributed by atoms with E-state index in [1.54, 1.807) is 39.2 Å². The second kappa shape index (κ2) is 9.70. The molecule has 0 aliphatic carbocycles. The summed E-state index contributed by atoms with van der Waals surface area (Å²) in [4.78, 5) is 12.7. The van der Waals surface area contributed by atoms with Crippen LogP contribution in [0, 0.1) is 11.3 Å². The number of carbonyl (C=O) groups is 1. The number of methoxy groups -OCH3 is 1. The zero-order valence-electron chi connectivity index (χ0n) is 16.7. The molecule has 0 spiro atoms. The number of para-hydroxylation sites is 1. The van der Waals surface area contributed by atoms with E-state index in [1.807, 2.05) is 0 Å². The van der Waals surface area contributed by atoms with Gasteiger partial charge in [-0.1, -0.05) is 25.5 Å². The van der Waals surface area contributed by atoms with Gasteiger partial charge >= 0.3 is 5.97 Å². The van der Waals surface area contributed by atoms with Gasteiger partial charge in [0.1, 0.15) is 17.4 Å². The fourth-order valence-corrected chi connectivity index (χ4v) is 3.06. The molecule has 1 unspecified atom stereocenters. The van der Waals surface area contributed by atoms with Gasteiger partial charge in [0.2, 0.25) is 5.88 Å². The first-order valence-electron chi connectivity index (χ1n) is 9.25. The number of hydrogen-bond acceptors (Lipinski definition) is 7. The van der Waals surface area contributed by atoms with Gasteiger partial charge in [-0.3, -0.25) is 0 Å². The minimum absolute atomic E-state index is 0.0413. The van der Waals surface area contributed by atoms with Crippen LogP contribution in [0.5, 0.6) is 11.5 Å². The third kappa shape index (κ3) is 4.22. The number of nitrogens with two attached hydrogens (primary N) is 1. The van der Waals surface area contributed by atoms with Crippen LogP contribution >= 0.6 is 0 Å². The highest BCUT2D eigenvalue weighted by Crippen LogP contribution is 2.45. The molecular formula is C21H26N2O5. The van der Waals surface area contributed by atoms with Crippen LogP contribution in [0.3, 0.4) is 0 Å². The van der Waals surface area contributed by atoms with Crippen LogP contribution in [0.15, 0.2) is 41.0 Å². The van der Waals surface area contributed by atoms with Crippen LogP contribution < -0.4 is 15.2 Å². The van der Waals surface area contributed by atoms with Crippen LogP contribution in [0.2, 0.25) is 0 Å². The molecule has 1 aromatic carbocycles. The number of unbranched alkanes of at least 4 members (excludes halogenated alkanes) is 1. The molecule has 0 fully saturated rings. The van der Waals surface area contributed by atoms with Crippen LogP contribution in [0.1, 0.15) is 45.1 Å². The lowest BCUT2D eigenvalue weighted by molar-refractivity contribution is -0.139. The fraction of sp³-hybridized carbons (Fsp3) is 0.429. The molecule has 0 bridgehead atoms. The van der Waals surface area contributed by atoms with E-state index in [1.165, 1.54) is 0 Å². The number of benzene rings is 1. The van der Waals surface area contributed by atoms with Gasteiger partial charge in [0.25, 0.3) is 0 Å². The smallest absolute Gasteiger partial charge is 0.338 e. The van der Waals surface area contributed by atoms with Crippen molar-refractivity contribution in [3.05, 3.63) is 46.6 Å². The molecule has 0 aromatic heterocycles. The lowest BCUT2D eigenvalue weighted by Crippen LogP contribution is -2.26. The van der Waals surface area contributed by atoms with Crippen LogP contribution in [0.25, 0.3) is 0 Å².